The number of nitrogens with one attached hydrogen (secondary N) is 1. The Hall–Kier alpha value is -2.63. The minimum atomic E-state index is -1.09. The first-order chi connectivity index (χ1) is 15.3. The van der Waals surface area contributed by atoms with Crippen molar-refractivity contribution >= 4 is 47.2 Å². The number of nitrogens with zero attached hydrogens (tertiary/aromatic N) is 2. The van der Waals surface area contributed by atoms with Crippen LogP contribution in [0.15, 0.2) is 28.7 Å². The maximum Gasteiger partial charge on any atom is 0.324 e. The van der Waals surface area contributed by atoms with Crippen LogP contribution in [-0.2, 0) is 21.1 Å². The summed E-state index contributed by atoms with van der Waals surface area (Å²) in [5, 5.41) is 3.82. The molecule has 2 rings (SSSR count). The predicted octanol–water partition coefficient (Wildman–Crippen LogP) is 3.85. The second-order valence-electron chi connectivity index (χ2n) is 9.04. The molecule has 0 aliphatic carbocycles. The lowest BCUT2D eigenvalue weighted by Crippen LogP contribution is -2.37. The molecule has 1 heterocycles. The topological polar surface area (TPSA) is 116 Å². The van der Waals surface area contributed by atoms with Crippen molar-refractivity contribution in [3.63, 3.8) is 0 Å². The standard InChI is InChI=1S/C22H28F2N4O4S.ClH/c1-12(2)17(25)20(31)32-11-28-6-7-33-21(28)27-19(30)13-8-14(23)18(15(24)9-13)26-16(29)10-22(3,4)5;/h6-9,12,17H,10-11,25H2,1-5H3,(H,26,29);1H/b27-21-;/t17-;/m0./s1. The smallest absolute Gasteiger partial charge is 0.324 e. The summed E-state index contributed by atoms with van der Waals surface area (Å²) in [7, 11) is 0. The zero-order valence-electron chi connectivity index (χ0n) is 19.6. The zero-order chi connectivity index (χ0) is 24.9. The number of carbonyl (C=O) groups excluding carboxylic acids is 3. The highest BCUT2D eigenvalue weighted by molar-refractivity contribution is 7.07. The Labute approximate surface area is 206 Å². The molecule has 8 nitrogen and oxygen atoms in total. The molecule has 1 aromatic heterocycles. The van der Waals surface area contributed by atoms with Gasteiger partial charge < -0.3 is 15.8 Å². The summed E-state index contributed by atoms with van der Waals surface area (Å²) in [6.07, 6.45) is 1.60. The van der Waals surface area contributed by atoms with Gasteiger partial charge in [-0.25, -0.2) is 8.78 Å². The molecule has 0 saturated heterocycles. The van der Waals surface area contributed by atoms with Gasteiger partial charge in [0.15, 0.2) is 23.2 Å². The number of hydrogen-bond acceptors (Lipinski definition) is 6. The number of esters is 1. The van der Waals surface area contributed by atoms with Crippen molar-refractivity contribution in [1.29, 1.82) is 0 Å². The summed E-state index contributed by atoms with van der Waals surface area (Å²) in [5.74, 6) is -4.34. The molecular formula is C22H29ClF2N4O4S. The van der Waals surface area contributed by atoms with Crippen LogP contribution in [0.4, 0.5) is 14.5 Å². The number of halogens is 3. The summed E-state index contributed by atoms with van der Waals surface area (Å²) in [4.78, 5) is 40.5. The number of benzene rings is 1. The van der Waals surface area contributed by atoms with Crippen molar-refractivity contribution in [3.05, 3.63) is 45.7 Å². The predicted molar refractivity (Wildman–Crippen MR) is 127 cm³/mol. The van der Waals surface area contributed by atoms with E-state index >= 15 is 0 Å². The summed E-state index contributed by atoms with van der Waals surface area (Å²) >= 11 is 1.07. The average Bonchev–Trinajstić information content (AvgIpc) is 3.13. The van der Waals surface area contributed by atoms with Gasteiger partial charge in [0.05, 0.1) is 0 Å². The van der Waals surface area contributed by atoms with Crippen LogP contribution < -0.4 is 15.9 Å². The molecule has 0 spiro atoms. The second-order valence-corrected chi connectivity index (χ2v) is 9.91. The molecule has 12 heteroatoms. The van der Waals surface area contributed by atoms with Crippen molar-refractivity contribution in [2.24, 2.45) is 22.1 Å². The van der Waals surface area contributed by atoms with E-state index in [9.17, 15) is 23.2 Å². The van der Waals surface area contributed by atoms with Crippen LogP contribution in [-0.4, -0.2) is 28.4 Å². The second kappa shape index (κ2) is 12.2. The zero-order valence-corrected chi connectivity index (χ0v) is 21.2. The maximum absolute atomic E-state index is 14.5. The summed E-state index contributed by atoms with van der Waals surface area (Å²) in [6, 6.07) is 0.822. The Kier molecular flexibility index (Phi) is 10.5. The largest absolute Gasteiger partial charge is 0.443 e. The molecule has 2 aromatic rings. The van der Waals surface area contributed by atoms with E-state index in [1.165, 1.54) is 4.57 Å². The molecular weight excluding hydrogens is 490 g/mol. The number of anilines is 1. The van der Waals surface area contributed by atoms with Gasteiger partial charge in [-0.05, 0) is 23.5 Å². The minimum Gasteiger partial charge on any atom is -0.443 e. The molecule has 0 saturated carbocycles. The fourth-order valence-electron chi connectivity index (χ4n) is 2.62. The molecule has 1 aromatic carbocycles. The minimum absolute atomic E-state index is 0. The van der Waals surface area contributed by atoms with Gasteiger partial charge in [-0.1, -0.05) is 34.6 Å². The van der Waals surface area contributed by atoms with Gasteiger partial charge >= 0.3 is 5.97 Å². The molecule has 34 heavy (non-hydrogen) atoms. The fraction of sp³-hybridized carbons (Fsp3) is 0.455. The van der Waals surface area contributed by atoms with Crippen LogP contribution in [0, 0.1) is 23.0 Å². The average molecular weight is 519 g/mol. The third-order valence-corrected chi connectivity index (χ3v) is 5.23. The molecule has 0 radical (unpaired) electrons. The van der Waals surface area contributed by atoms with Gasteiger partial charge in [0.1, 0.15) is 11.7 Å². The number of carbonyl (C=O) groups is 3. The van der Waals surface area contributed by atoms with Crippen molar-refractivity contribution in [2.75, 3.05) is 5.32 Å². The molecule has 2 amide bonds. The van der Waals surface area contributed by atoms with Gasteiger partial charge in [0.25, 0.3) is 5.91 Å². The number of aromatic nitrogens is 1. The number of nitrogens with two attached hydrogens (primary N) is 1. The Morgan fingerprint density at radius 3 is 2.32 bits per heavy atom. The maximum atomic E-state index is 14.5. The van der Waals surface area contributed by atoms with E-state index in [1.54, 1.807) is 25.4 Å². The third-order valence-electron chi connectivity index (χ3n) is 4.44. The van der Waals surface area contributed by atoms with Crippen LogP contribution >= 0.6 is 23.7 Å². The number of thiazole rings is 1. The lowest BCUT2D eigenvalue weighted by Gasteiger charge is -2.17. The SMILES string of the molecule is CC(C)[C@H](N)C(=O)OCn1ccs/c1=N\C(=O)c1cc(F)c(NC(=O)CC(C)(C)C)c(F)c1.Cl. The van der Waals surface area contributed by atoms with Gasteiger partial charge in [-0.3, -0.25) is 19.0 Å². The number of rotatable bonds is 7. The van der Waals surface area contributed by atoms with Gasteiger partial charge in [0.2, 0.25) is 5.91 Å². The Bertz CT molecular complexity index is 1090. The number of ether oxygens (including phenoxy) is 1. The highest BCUT2D eigenvalue weighted by Gasteiger charge is 2.21. The summed E-state index contributed by atoms with van der Waals surface area (Å²) < 4.78 is 35.4. The normalized spacial score (nSPS) is 12.8. The lowest BCUT2D eigenvalue weighted by atomic mass is 9.92. The first-order valence-electron chi connectivity index (χ1n) is 10.2. The van der Waals surface area contributed by atoms with E-state index in [0.29, 0.717) is 0 Å². The highest BCUT2D eigenvalue weighted by atomic mass is 35.5. The van der Waals surface area contributed by atoms with E-state index in [-0.39, 0.29) is 47.3 Å². The van der Waals surface area contributed by atoms with Crippen molar-refractivity contribution in [1.82, 2.24) is 4.57 Å². The fourth-order valence-corrected chi connectivity index (χ4v) is 3.33. The molecule has 1 atom stereocenters. The van der Waals surface area contributed by atoms with E-state index in [4.69, 9.17) is 10.5 Å². The highest BCUT2D eigenvalue weighted by Crippen LogP contribution is 2.24. The van der Waals surface area contributed by atoms with Crippen LogP contribution in [0.25, 0.3) is 0 Å². The first-order valence-corrected chi connectivity index (χ1v) is 11.1. The molecule has 0 fully saturated rings. The molecule has 0 aliphatic heterocycles. The van der Waals surface area contributed by atoms with Crippen molar-refractivity contribution in [3.8, 4) is 0 Å². The van der Waals surface area contributed by atoms with Crippen molar-refractivity contribution < 1.29 is 27.9 Å². The third kappa shape index (κ3) is 8.30. The van der Waals surface area contributed by atoms with E-state index in [1.807, 2.05) is 20.8 Å². The molecule has 0 aliphatic rings. The number of hydrogen-bond donors (Lipinski definition) is 2. The van der Waals surface area contributed by atoms with Crippen LogP contribution in [0.5, 0.6) is 0 Å². The number of amides is 2. The van der Waals surface area contributed by atoms with Crippen LogP contribution in [0.2, 0.25) is 0 Å². The first kappa shape index (κ1) is 29.4. The molecule has 188 valence electrons. The summed E-state index contributed by atoms with van der Waals surface area (Å²) in [6.45, 7) is 8.79. The Morgan fingerprint density at radius 1 is 1.21 bits per heavy atom. The lowest BCUT2D eigenvalue weighted by molar-refractivity contribution is -0.150. The van der Waals surface area contributed by atoms with Gasteiger partial charge in [-0.2, -0.15) is 4.99 Å². The molecule has 3 N–H and O–H groups in total. The summed E-state index contributed by atoms with van der Waals surface area (Å²) in [5.41, 5.74) is 4.41. The van der Waals surface area contributed by atoms with Gasteiger partial charge in [0, 0.05) is 23.6 Å². The quantitative estimate of drug-likeness (QED) is 0.540. The van der Waals surface area contributed by atoms with E-state index < -0.39 is 41.1 Å². The monoisotopic (exact) mass is 518 g/mol. The Morgan fingerprint density at radius 2 is 1.79 bits per heavy atom. The van der Waals surface area contributed by atoms with Gasteiger partial charge in [-0.15, -0.1) is 23.7 Å². The Balaban J connectivity index is 0.00000578. The van der Waals surface area contributed by atoms with E-state index in [0.717, 1.165) is 23.5 Å². The molecule has 0 bridgehead atoms. The van der Waals surface area contributed by atoms with Crippen LogP contribution in [0.3, 0.4) is 0 Å². The van der Waals surface area contributed by atoms with E-state index in [2.05, 4.69) is 10.3 Å². The van der Waals surface area contributed by atoms with Crippen LogP contribution in [0.1, 0.15) is 51.4 Å². The van der Waals surface area contributed by atoms with Crippen molar-refractivity contribution in [2.45, 2.75) is 53.8 Å². The molecule has 0 unspecified atom stereocenters.